The zero-order valence-corrected chi connectivity index (χ0v) is 11.5. The quantitative estimate of drug-likeness (QED) is 0.882. The third kappa shape index (κ3) is 3.43. The Kier molecular flexibility index (Phi) is 4.20. The molecule has 1 atom stereocenters. The minimum absolute atomic E-state index is 0.0828. The zero-order chi connectivity index (χ0) is 14.8. The van der Waals surface area contributed by atoms with Gasteiger partial charge in [-0.1, -0.05) is 6.07 Å². The molecule has 0 spiro atoms. The smallest absolute Gasteiger partial charge is 0.132 e. The molecule has 2 rings (SSSR count). The summed E-state index contributed by atoms with van der Waals surface area (Å²) in [6, 6.07) is 5.15. The van der Waals surface area contributed by atoms with Crippen molar-refractivity contribution < 1.29 is 13.9 Å². The Balaban J connectivity index is 1.99. The summed E-state index contributed by atoms with van der Waals surface area (Å²) in [7, 11) is 1.92. The molecule has 0 radical (unpaired) electrons. The second-order valence-corrected chi connectivity index (χ2v) is 5.19. The van der Waals surface area contributed by atoms with Crippen LogP contribution in [0.4, 0.5) is 8.78 Å². The molecule has 1 unspecified atom stereocenters. The van der Waals surface area contributed by atoms with E-state index in [2.05, 4.69) is 5.32 Å². The fourth-order valence-corrected chi connectivity index (χ4v) is 2.14. The van der Waals surface area contributed by atoms with Crippen LogP contribution in [0, 0.1) is 11.6 Å². The van der Waals surface area contributed by atoms with Crippen molar-refractivity contribution >= 4 is 0 Å². The Morgan fingerprint density at radius 3 is 2.65 bits per heavy atom. The number of nitrogens with one attached hydrogen (secondary N) is 1. The molecule has 108 valence electrons. The standard InChI is InChI=1S/C15H18F2N2O/c1-15(20,13-4-3-12(16)7-14(13)17)10-18-8-11-5-6-19(2)9-11/h3-7,9,18,20H,8,10H2,1-2H3. The van der Waals surface area contributed by atoms with Crippen LogP contribution in [0.15, 0.2) is 36.7 Å². The molecule has 5 heteroatoms. The van der Waals surface area contributed by atoms with Gasteiger partial charge in [-0.25, -0.2) is 8.78 Å². The Morgan fingerprint density at radius 1 is 1.30 bits per heavy atom. The number of aromatic nitrogens is 1. The van der Waals surface area contributed by atoms with Gasteiger partial charge in [0.2, 0.25) is 0 Å². The number of aliphatic hydroxyl groups is 1. The molecular formula is C15H18F2N2O. The van der Waals surface area contributed by atoms with Crippen molar-refractivity contribution in [2.45, 2.75) is 19.1 Å². The van der Waals surface area contributed by atoms with Crippen molar-refractivity contribution in [2.75, 3.05) is 6.54 Å². The fourth-order valence-electron chi connectivity index (χ4n) is 2.14. The van der Waals surface area contributed by atoms with Crippen LogP contribution in [0.1, 0.15) is 18.1 Å². The van der Waals surface area contributed by atoms with Gasteiger partial charge in [-0.05, 0) is 24.6 Å². The first-order valence-corrected chi connectivity index (χ1v) is 6.38. The molecule has 0 fully saturated rings. The molecule has 3 nitrogen and oxygen atoms in total. The highest BCUT2D eigenvalue weighted by molar-refractivity contribution is 5.25. The number of halogens is 2. The van der Waals surface area contributed by atoms with E-state index >= 15 is 0 Å². The lowest BCUT2D eigenvalue weighted by Crippen LogP contribution is -2.35. The molecule has 2 aromatic rings. The highest BCUT2D eigenvalue weighted by atomic mass is 19.1. The minimum Gasteiger partial charge on any atom is -0.384 e. The van der Waals surface area contributed by atoms with Crippen LogP contribution in [-0.2, 0) is 19.2 Å². The highest BCUT2D eigenvalue weighted by Gasteiger charge is 2.26. The van der Waals surface area contributed by atoms with E-state index in [1.54, 1.807) is 0 Å². The number of benzene rings is 1. The minimum atomic E-state index is -1.40. The number of hydrogen-bond donors (Lipinski definition) is 2. The Hall–Kier alpha value is -1.72. The predicted octanol–water partition coefficient (Wildman–Crippen LogP) is 2.30. The molecule has 1 aromatic carbocycles. The first-order chi connectivity index (χ1) is 9.38. The van der Waals surface area contributed by atoms with Gasteiger partial charge in [-0.2, -0.15) is 0 Å². The van der Waals surface area contributed by atoms with Crippen LogP contribution in [-0.4, -0.2) is 16.2 Å². The number of nitrogens with zero attached hydrogens (tertiary/aromatic N) is 1. The highest BCUT2D eigenvalue weighted by Crippen LogP contribution is 2.23. The molecule has 20 heavy (non-hydrogen) atoms. The van der Waals surface area contributed by atoms with Gasteiger partial charge in [0.25, 0.3) is 0 Å². The summed E-state index contributed by atoms with van der Waals surface area (Å²) in [5.41, 5.74) is -0.241. The van der Waals surface area contributed by atoms with E-state index in [4.69, 9.17) is 0 Å². The third-order valence-electron chi connectivity index (χ3n) is 3.20. The Labute approximate surface area is 116 Å². The zero-order valence-electron chi connectivity index (χ0n) is 11.5. The molecule has 0 amide bonds. The normalized spacial score (nSPS) is 14.2. The van der Waals surface area contributed by atoms with Crippen molar-refractivity contribution in [3.8, 4) is 0 Å². The van der Waals surface area contributed by atoms with Gasteiger partial charge in [0.05, 0.1) is 0 Å². The van der Waals surface area contributed by atoms with Crippen molar-refractivity contribution in [1.29, 1.82) is 0 Å². The molecule has 0 aliphatic heterocycles. The molecule has 0 saturated heterocycles. The van der Waals surface area contributed by atoms with Gasteiger partial charge in [-0.3, -0.25) is 0 Å². The largest absolute Gasteiger partial charge is 0.384 e. The Morgan fingerprint density at radius 2 is 2.05 bits per heavy atom. The van der Waals surface area contributed by atoms with E-state index in [9.17, 15) is 13.9 Å². The summed E-state index contributed by atoms with van der Waals surface area (Å²) in [6.07, 6.45) is 3.88. The second-order valence-electron chi connectivity index (χ2n) is 5.19. The molecule has 0 aliphatic rings. The summed E-state index contributed by atoms with van der Waals surface area (Å²) < 4.78 is 28.5. The predicted molar refractivity (Wildman–Crippen MR) is 73.0 cm³/mol. The topological polar surface area (TPSA) is 37.2 Å². The Bertz CT molecular complexity index is 593. The molecule has 2 N–H and O–H groups in total. The summed E-state index contributed by atoms with van der Waals surface area (Å²) in [4.78, 5) is 0. The third-order valence-corrected chi connectivity index (χ3v) is 3.20. The van der Waals surface area contributed by atoms with Crippen molar-refractivity contribution in [2.24, 2.45) is 7.05 Å². The van der Waals surface area contributed by atoms with Gasteiger partial charge >= 0.3 is 0 Å². The van der Waals surface area contributed by atoms with Crippen LogP contribution in [0.25, 0.3) is 0 Å². The molecular weight excluding hydrogens is 262 g/mol. The van der Waals surface area contributed by atoms with Crippen LogP contribution in [0.5, 0.6) is 0 Å². The first-order valence-electron chi connectivity index (χ1n) is 6.38. The van der Waals surface area contributed by atoms with Crippen molar-refractivity contribution in [1.82, 2.24) is 9.88 Å². The molecule has 1 heterocycles. The summed E-state index contributed by atoms with van der Waals surface area (Å²) >= 11 is 0. The van der Waals surface area contributed by atoms with E-state index in [1.165, 1.54) is 13.0 Å². The van der Waals surface area contributed by atoms with Crippen LogP contribution in [0.3, 0.4) is 0 Å². The van der Waals surface area contributed by atoms with Crippen LogP contribution >= 0.6 is 0 Å². The number of hydrogen-bond acceptors (Lipinski definition) is 2. The molecule has 1 aromatic heterocycles. The van der Waals surface area contributed by atoms with E-state index < -0.39 is 17.2 Å². The van der Waals surface area contributed by atoms with Gasteiger partial charge in [0.1, 0.15) is 17.2 Å². The monoisotopic (exact) mass is 280 g/mol. The summed E-state index contributed by atoms with van der Waals surface area (Å²) in [6.45, 7) is 2.24. The van der Waals surface area contributed by atoms with Gasteiger partial charge in [0.15, 0.2) is 0 Å². The van der Waals surface area contributed by atoms with E-state index in [-0.39, 0.29) is 12.1 Å². The van der Waals surface area contributed by atoms with Crippen molar-refractivity contribution in [3.63, 3.8) is 0 Å². The maximum absolute atomic E-state index is 13.7. The first kappa shape index (κ1) is 14.7. The maximum atomic E-state index is 13.7. The maximum Gasteiger partial charge on any atom is 0.132 e. The fraction of sp³-hybridized carbons (Fsp3) is 0.333. The van der Waals surface area contributed by atoms with Crippen LogP contribution in [0.2, 0.25) is 0 Å². The van der Waals surface area contributed by atoms with Crippen molar-refractivity contribution in [3.05, 3.63) is 59.4 Å². The molecule has 0 saturated carbocycles. The summed E-state index contributed by atoms with van der Waals surface area (Å²) in [5.74, 6) is -1.39. The number of rotatable bonds is 5. The average molecular weight is 280 g/mol. The SMILES string of the molecule is Cn1ccc(CNCC(C)(O)c2ccc(F)cc2F)c1. The van der Waals surface area contributed by atoms with E-state index in [0.717, 1.165) is 17.7 Å². The van der Waals surface area contributed by atoms with E-state index in [0.29, 0.717) is 6.54 Å². The van der Waals surface area contributed by atoms with Gasteiger partial charge < -0.3 is 15.0 Å². The summed E-state index contributed by atoms with van der Waals surface area (Å²) in [5, 5.41) is 13.4. The lowest BCUT2D eigenvalue weighted by Gasteiger charge is -2.24. The lowest BCUT2D eigenvalue weighted by atomic mass is 9.95. The van der Waals surface area contributed by atoms with Gasteiger partial charge in [0, 0.05) is 44.2 Å². The second kappa shape index (κ2) is 5.73. The van der Waals surface area contributed by atoms with Gasteiger partial charge in [-0.15, -0.1) is 0 Å². The molecule has 0 bridgehead atoms. The van der Waals surface area contributed by atoms with E-state index in [1.807, 2.05) is 30.1 Å². The lowest BCUT2D eigenvalue weighted by molar-refractivity contribution is 0.0528. The molecule has 0 aliphatic carbocycles. The average Bonchev–Trinajstić information content (AvgIpc) is 2.74. The van der Waals surface area contributed by atoms with Crippen LogP contribution < -0.4 is 5.32 Å². The number of aryl methyl sites for hydroxylation is 1.